The zero-order valence-electron chi connectivity index (χ0n) is 8.05. The predicted molar refractivity (Wildman–Crippen MR) is 48.2 cm³/mol. The van der Waals surface area contributed by atoms with E-state index in [1.54, 1.807) is 13.8 Å². The number of benzene rings is 1. The Morgan fingerprint density at radius 2 is 1.93 bits per heavy atom. The van der Waals surface area contributed by atoms with Gasteiger partial charge in [0.05, 0.1) is 6.61 Å². The largest absolute Gasteiger partial charge is 0.485 e. The van der Waals surface area contributed by atoms with Gasteiger partial charge >= 0.3 is 0 Å². The lowest BCUT2D eigenvalue weighted by atomic mass is 10.1. The number of halogens is 2. The van der Waals surface area contributed by atoms with Crippen molar-refractivity contribution in [2.75, 3.05) is 6.61 Å². The van der Waals surface area contributed by atoms with Gasteiger partial charge in [-0.05, 0) is 26.0 Å². The van der Waals surface area contributed by atoms with Crippen molar-refractivity contribution in [3.63, 3.8) is 0 Å². The third kappa shape index (κ3) is 2.67. The molecule has 0 unspecified atom stereocenters. The molecule has 0 aliphatic heterocycles. The Kier molecular flexibility index (Phi) is 3.06. The Balaban J connectivity index is 2.83. The van der Waals surface area contributed by atoms with Crippen LogP contribution in [0.2, 0.25) is 0 Å². The fourth-order valence-corrected chi connectivity index (χ4v) is 0.892. The Morgan fingerprint density at radius 3 is 2.43 bits per heavy atom. The second kappa shape index (κ2) is 3.92. The Bertz CT molecular complexity index is 324. The molecule has 0 bridgehead atoms. The van der Waals surface area contributed by atoms with Crippen LogP contribution in [-0.2, 0) is 0 Å². The molecule has 4 heteroatoms. The van der Waals surface area contributed by atoms with E-state index in [-0.39, 0.29) is 12.4 Å². The molecule has 0 saturated carbocycles. The third-order valence-corrected chi connectivity index (χ3v) is 1.67. The van der Waals surface area contributed by atoms with E-state index < -0.39 is 17.2 Å². The van der Waals surface area contributed by atoms with Crippen LogP contribution in [0.25, 0.3) is 0 Å². The second-order valence-electron chi connectivity index (χ2n) is 3.60. The van der Waals surface area contributed by atoms with Gasteiger partial charge in [-0.3, -0.25) is 0 Å². The first kappa shape index (κ1) is 10.9. The number of aliphatic hydroxyl groups excluding tert-OH is 1. The maximum Gasteiger partial charge on any atom is 0.162 e. The molecule has 1 aromatic carbocycles. The lowest BCUT2D eigenvalue weighted by molar-refractivity contribution is 0.0409. The number of hydrogen-bond acceptors (Lipinski definition) is 2. The van der Waals surface area contributed by atoms with Gasteiger partial charge in [0.2, 0.25) is 0 Å². The van der Waals surface area contributed by atoms with Gasteiger partial charge in [0.15, 0.2) is 11.6 Å². The van der Waals surface area contributed by atoms with E-state index in [2.05, 4.69) is 0 Å². The van der Waals surface area contributed by atoms with Crippen LogP contribution >= 0.6 is 0 Å². The van der Waals surface area contributed by atoms with Crippen LogP contribution < -0.4 is 4.74 Å². The van der Waals surface area contributed by atoms with Gasteiger partial charge in [-0.1, -0.05) is 0 Å². The third-order valence-electron chi connectivity index (χ3n) is 1.67. The zero-order chi connectivity index (χ0) is 10.8. The zero-order valence-corrected chi connectivity index (χ0v) is 8.05. The molecule has 0 aliphatic carbocycles. The molecule has 78 valence electrons. The standard InChI is InChI=1S/C10H12F2O2/c1-10(2,6-13)14-7-3-4-8(11)9(12)5-7/h3-5,13H,6H2,1-2H3. The molecule has 0 heterocycles. The van der Waals surface area contributed by atoms with Crippen molar-refractivity contribution in [3.8, 4) is 5.75 Å². The summed E-state index contributed by atoms with van der Waals surface area (Å²) in [5, 5.41) is 8.89. The van der Waals surface area contributed by atoms with E-state index in [1.807, 2.05) is 0 Å². The van der Waals surface area contributed by atoms with Crippen LogP contribution in [0.3, 0.4) is 0 Å². The summed E-state index contributed by atoms with van der Waals surface area (Å²) in [7, 11) is 0. The van der Waals surface area contributed by atoms with Crippen LogP contribution in [-0.4, -0.2) is 17.3 Å². The van der Waals surface area contributed by atoms with Crippen molar-refractivity contribution in [1.29, 1.82) is 0 Å². The molecule has 0 radical (unpaired) electrons. The van der Waals surface area contributed by atoms with Gasteiger partial charge in [0, 0.05) is 6.07 Å². The van der Waals surface area contributed by atoms with Crippen LogP contribution in [0.1, 0.15) is 13.8 Å². The van der Waals surface area contributed by atoms with Gasteiger partial charge in [-0.25, -0.2) is 8.78 Å². The molecule has 0 atom stereocenters. The molecule has 1 N–H and O–H groups in total. The first-order valence-electron chi connectivity index (χ1n) is 4.19. The van der Waals surface area contributed by atoms with E-state index in [1.165, 1.54) is 6.07 Å². The number of rotatable bonds is 3. The number of hydrogen-bond donors (Lipinski definition) is 1. The smallest absolute Gasteiger partial charge is 0.162 e. The molecule has 0 aromatic heterocycles. The lowest BCUT2D eigenvalue weighted by Gasteiger charge is -2.23. The summed E-state index contributed by atoms with van der Waals surface area (Å²) in [6, 6.07) is 3.25. The monoisotopic (exact) mass is 202 g/mol. The van der Waals surface area contributed by atoms with Crippen molar-refractivity contribution in [1.82, 2.24) is 0 Å². The minimum absolute atomic E-state index is 0.197. The van der Waals surface area contributed by atoms with Gasteiger partial charge in [-0.15, -0.1) is 0 Å². The van der Waals surface area contributed by atoms with E-state index in [4.69, 9.17) is 9.84 Å². The highest BCUT2D eigenvalue weighted by molar-refractivity contribution is 5.24. The van der Waals surface area contributed by atoms with Crippen molar-refractivity contribution in [3.05, 3.63) is 29.8 Å². The van der Waals surface area contributed by atoms with E-state index in [9.17, 15) is 8.78 Å². The predicted octanol–water partition coefficient (Wildman–Crippen LogP) is 2.11. The maximum absolute atomic E-state index is 12.7. The van der Waals surface area contributed by atoms with Gasteiger partial charge in [0.1, 0.15) is 11.4 Å². The summed E-state index contributed by atoms with van der Waals surface area (Å²) >= 11 is 0. The van der Waals surface area contributed by atoms with E-state index >= 15 is 0 Å². The molecule has 0 aliphatic rings. The SMILES string of the molecule is CC(C)(CO)Oc1ccc(F)c(F)c1. The molecule has 0 amide bonds. The Labute approximate surface area is 81.1 Å². The van der Waals surface area contributed by atoms with Crippen LogP contribution in [0, 0.1) is 11.6 Å². The maximum atomic E-state index is 12.7. The highest BCUT2D eigenvalue weighted by atomic mass is 19.2. The molecule has 0 spiro atoms. The molecule has 0 saturated heterocycles. The topological polar surface area (TPSA) is 29.5 Å². The molecular weight excluding hydrogens is 190 g/mol. The van der Waals surface area contributed by atoms with Gasteiger partial charge in [-0.2, -0.15) is 0 Å². The highest BCUT2D eigenvalue weighted by Crippen LogP contribution is 2.20. The normalized spacial score (nSPS) is 11.5. The summed E-state index contributed by atoms with van der Waals surface area (Å²) in [6.07, 6.45) is 0. The van der Waals surface area contributed by atoms with Crippen LogP contribution in [0.5, 0.6) is 5.75 Å². The Hall–Kier alpha value is -1.16. The lowest BCUT2D eigenvalue weighted by Crippen LogP contribution is -2.32. The minimum Gasteiger partial charge on any atom is -0.485 e. The average Bonchev–Trinajstić information content (AvgIpc) is 2.11. The fourth-order valence-electron chi connectivity index (χ4n) is 0.892. The Morgan fingerprint density at radius 1 is 1.29 bits per heavy atom. The quantitative estimate of drug-likeness (QED) is 0.813. The molecule has 0 fully saturated rings. The number of ether oxygens (including phenoxy) is 1. The first-order chi connectivity index (χ1) is 6.44. The summed E-state index contributed by atoms with van der Waals surface area (Å²) in [6.45, 7) is 3.09. The van der Waals surface area contributed by atoms with Crippen molar-refractivity contribution in [2.24, 2.45) is 0 Å². The summed E-state index contributed by atoms with van der Waals surface area (Å²) < 4.78 is 30.5. The second-order valence-corrected chi connectivity index (χ2v) is 3.60. The summed E-state index contributed by atoms with van der Waals surface area (Å²) in [5.41, 5.74) is -0.801. The van der Waals surface area contributed by atoms with Crippen molar-refractivity contribution in [2.45, 2.75) is 19.4 Å². The van der Waals surface area contributed by atoms with Gasteiger partial charge < -0.3 is 9.84 Å². The molecule has 1 aromatic rings. The number of aliphatic hydroxyl groups is 1. The van der Waals surface area contributed by atoms with Crippen LogP contribution in [0.4, 0.5) is 8.78 Å². The van der Waals surface area contributed by atoms with Crippen LogP contribution in [0.15, 0.2) is 18.2 Å². The molecule has 14 heavy (non-hydrogen) atoms. The summed E-state index contributed by atoms with van der Waals surface area (Å²) in [4.78, 5) is 0. The molecule has 2 nitrogen and oxygen atoms in total. The van der Waals surface area contributed by atoms with Crippen molar-refractivity contribution < 1.29 is 18.6 Å². The van der Waals surface area contributed by atoms with Crippen molar-refractivity contribution >= 4 is 0 Å². The highest BCUT2D eigenvalue weighted by Gasteiger charge is 2.18. The molecule has 1 rings (SSSR count). The first-order valence-corrected chi connectivity index (χ1v) is 4.19. The van der Waals surface area contributed by atoms with Gasteiger partial charge in [0.25, 0.3) is 0 Å². The van der Waals surface area contributed by atoms with E-state index in [0.717, 1.165) is 12.1 Å². The van der Waals surface area contributed by atoms with E-state index in [0.29, 0.717) is 0 Å². The average molecular weight is 202 g/mol. The summed E-state index contributed by atoms with van der Waals surface area (Å²) in [5.74, 6) is -1.68. The molecular formula is C10H12F2O2. The fraction of sp³-hybridized carbons (Fsp3) is 0.400. The minimum atomic E-state index is -0.962.